The third-order valence-corrected chi connectivity index (χ3v) is 3.09. The quantitative estimate of drug-likeness (QED) is 0.749. The minimum atomic E-state index is 0.484. The van der Waals surface area contributed by atoms with Crippen LogP contribution in [0, 0.1) is 5.92 Å². The van der Waals surface area contributed by atoms with Gasteiger partial charge in [0, 0.05) is 0 Å². The normalized spacial score (nSPS) is 18.4. The molecule has 0 N–H and O–H groups in total. The second-order valence-corrected chi connectivity index (χ2v) is 4.43. The molecule has 0 radical (unpaired) electrons. The van der Waals surface area contributed by atoms with E-state index in [4.69, 9.17) is 11.6 Å². The summed E-state index contributed by atoms with van der Waals surface area (Å²) < 4.78 is 0. The molecule has 0 aromatic carbocycles. The van der Waals surface area contributed by atoms with Crippen LogP contribution in [0.2, 0.25) is 5.15 Å². The van der Waals surface area contributed by atoms with Crippen LogP contribution >= 0.6 is 11.6 Å². The van der Waals surface area contributed by atoms with Gasteiger partial charge < -0.3 is 0 Å². The predicted octanol–water partition coefficient (Wildman–Crippen LogP) is 3.25. The fourth-order valence-corrected chi connectivity index (χ4v) is 2.23. The molecule has 1 aliphatic carbocycles. The average molecular weight is 211 g/mol. The lowest BCUT2D eigenvalue weighted by molar-refractivity contribution is 0.354. The van der Waals surface area contributed by atoms with Crippen molar-refractivity contribution >= 4 is 11.6 Å². The highest BCUT2D eigenvalue weighted by molar-refractivity contribution is 6.29. The van der Waals surface area contributed by atoms with Crippen molar-refractivity contribution in [3.63, 3.8) is 0 Å². The van der Waals surface area contributed by atoms with Crippen LogP contribution in [-0.2, 0) is 6.42 Å². The molecule has 0 atom stereocenters. The maximum atomic E-state index is 5.68. The van der Waals surface area contributed by atoms with Gasteiger partial charge in [-0.1, -0.05) is 43.7 Å². The Hall–Kier alpha value is -0.630. The Morgan fingerprint density at radius 2 is 1.93 bits per heavy atom. The van der Waals surface area contributed by atoms with E-state index < -0.39 is 0 Å². The molecule has 0 bridgehead atoms. The summed E-state index contributed by atoms with van der Waals surface area (Å²) in [5.41, 5.74) is 1.08. The van der Waals surface area contributed by atoms with E-state index in [1.807, 2.05) is 0 Å². The summed E-state index contributed by atoms with van der Waals surface area (Å²) in [6.07, 6.45) is 11.4. The van der Waals surface area contributed by atoms with E-state index in [2.05, 4.69) is 9.97 Å². The number of nitrogens with zero attached hydrogens (tertiary/aromatic N) is 2. The van der Waals surface area contributed by atoms with E-state index in [0.29, 0.717) is 5.15 Å². The molecule has 0 amide bonds. The Balaban J connectivity index is 1.92. The Labute approximate surface area is 89.7 Å². The van der Waals surface area contributed by atoms with Gasteiger partial charge in [0.1, 0.15) is 5.15 Å². The van der Waals surface area contributed by atoms with E-state index in [9.17, 15) is 0 Å². The summed E-state index contributed by atoms with van der Waals surface area (Å²) in [4.78, 5) is 8.33. The standard InChI is InChI=1S/C11H15ClN2/c12-11-8-13-10(7-14-11)6-9-4-2-1-3-5-9/h7-9H,1-6H2. The first-order valence-electron chi connectivity index (χ1n) is 5.31. The van der Waals surface area contributed by atoms with E-state index in [-0.39, 0.29) is 0 Å². The zero-order chi connectivity index (χ0) is 9.80. The van der Waals surface area contributed by atoms with Crippen molar-refractivity contribution in [2.24, 2.45) is 5.92 Å². The van der Waals surface area contributed by atoms with Crippen LogP contribution in [-0.4, -0.2) is 9.97 Å². The summed E-state index contributed by atoms with van der Waals surface area (Å²) >= 11 is 5.68. The molecule has 2 rings (SSSR count). The molecule has 2 nitrogen and oxygen atoms in total. The monoisotopic (exact) mass is 210 g/mol. The van der Waals surface area contributed by atoms with Gasteiger partial charge in [-0.15, -0.1) is 0 Å². The highest BCUT2D eigenvalue weighted by atomic mass is 35.5. The Morgan fingerprint density at radius 1 is 1.14 bits per heavy atom. The lowest BCUT2D eigenvalue weighted by Crippen LogP contribution is -2.10. The van der Waals surface area contributed by atoms with Gasteiger partial charge in [-0.3, -0.25) is 4.98 Å². The molecule has 0 aliphatic heterocycles. The van der Waals surface area contributed by atoms with Crippen molar-refractivity contribution in [1.82, 2.24) is 9.97 Å². The summed E-state index contributed by atoms with van der Waals surface area (Å²) in [5, 5.41) is 0.484. The number of aromatic nitrogens is 2. The first-order valence-corrected chi connectivity index (χ1v) is 5.69. The van der Waals surface area contributed by atoms with Gasteiger partial charge in [-0.05, 0) is 12.3 Å². The molecule has 1 aromatic heterocycles. The molecule has 0 saturated heterocycles. The summed E-state index contributed by atoms with van der Waals surface area (Å²) in [6, 6.07) is 0. The van der Waals surface area contributed by atoms with Gasteiger partial charge in [-0.2, -0.15) is 0 Å². The minimum Gasteiger partial charge on any atom is -0.256 e. The maximum absolute atomic E-state index is 5.68. The fourth-order valence-electron chi connectivity index (χ4n) is 2.13. The molecule has 0 unspecified atom stereocenters. The molecular weight excluding hydrogens is 196 g/mol. The van der Waals surface area contributed by atoms with Crippen molar-refractivity contribution in [2.75, 3.05) is 0 Å². The average Bonchev–Trinajstić information content (AvgIpc) is 2.23. The molecule has 0 spiro atoms. The largest absolute Gasteiger partial charge is 0.256 e. The molecule has 14 heavy (non-hydrogen) atoms. The summed E-state index contributed by atoms with van der Waals surface area (Å²) in [7, 11) is 0. The van der Waals surface area contributed by atoms with Crippen molar-refractivity contribution in [3.8, 4) is 0 Å². The van der Waals surface area contributed by atoms with Gasteiger partial charge in [-0.25, -0.2) is 4.98 Å². The second-order valence-electron chi connectivity index (χ2n) is 4.04. The molecule has 1 aliphatic rings. The SMILES string of the molecule is Clc1cnc(CC2CCCCC2)cn1. The van der Waals surface area contributed by atoms with E-state index in [0.717, 1.165) is 18.0 Å². The van der Waals surface area contributed by atoms with Crippen molar-refractivity contribution in [2.45, 2.75) is 38.5 Å². The zero-order valence-corrected chi connectivity index (χ0v) is 9.00. The first kappa shape index (κ1) is 9.91. The number of hydrogen-bond acceptors (Lipinski definition) is 2. The molecule has 1 saturated carbocycles. The lowest BCUT2D eigenvalue weighted by atomic mass is 9.86. The molecule has 3 heteroatoms. The molecule has 1 heterocycles. The number of rotatable bonds is 2. The van der Waals surface area contributed by atoms with E-state index >= 15 is 0 Å². The fraction of sp³-hybridized carbons (Fsp3) is 0.636. The van der Waals surface area contributed by atoms with Crippen LogP contribution in [0.3, 0.4) is 0 Å². The molecule has 76 valence electrons. The van der Waals surface area contributed by atoms with Gasteiger partial charge >= 0.3 is 0 Å². The van der Waals surface area contributed by atoms with Gasteiger partial charge in [0.25, 0.3) is 0 Å². The van der Waals surface area contributed by atoms with Crippen LogP contribution in [0.5, 0.6) is 0 Å². The van der Waals surface area contributed by atoms with Crippen molar-refractivity contribution in [3.05, 3.63) is 23.2 Å². The van der Waals surface area contributed by atoms with Crippen LogP contribution < -0.4 is 0 Å². The van der Waals surface area contributed by atoms with Crippen LogP contribution in [0.4, 0.5) is 0 Å². The third kappa shape index (κ3) is 2.68. The van der Waals surface area contributed by atoms with Crippen LogP contribution in [0.25, 0.3) is 0 Å². The number of hydrogen-bond donors (Lipinski definition) is 0. The van der Waals surface area contributed by atoms with Gasteiger partial charge in [0.05, 0.1) is 18.1 Å². The molecule has 1 fully saturated rings. The Morgan fingerprint density at radius 3 is 2.57 bits per heavy atom. The highest BCUT2D eigenvalue weighted by Crippen LogP contribution is 2.26. The molecule has 1 aromatic rings. The Bertz CT molecular complexity index is 278. The van der Waals surface area contributed by atoms with E-state index in [1.54, 1.807) is 12.4 Å². The summed E-state index contributed by atoms with van der Waals surface area (Å²) in [5.74, 6) is 0.819. The van der Waals surface area contributed by atoms with E-state index in [1.165, 1.54) is 32.1 Å². The van der Waals surface area contributed by atoms with Crippen LogP contribution in [0.15, 0.2) is 12.4 Å². The zero-order valence-electron chi connectivity index (χ0n) is 8.25. The minimum absolute atomic E-state index is 0.484. The smallest absolute Gasteiger partial charge is 0.147 e. The van der Waals surface area contributed by atoms with Gasteiger partial charge in [0.15, 0.2) is 0 Å². The van der Waals surface area contributed by atoms with Crippen LogP contribution in [0.1, 0.15) is 37.8 Å². The highest BCUT2D eigenvalue weighted by Gasteiger charge is 2.14. The van der Waals surface area contributed by atoms with Crippen molar-refractivity contribution < 1.29 is 0 Å². The second kappa shape index (κ2) is 4.74. The first-order chi connectivity index (χ1) is 6.84. The molecular formula is C11H15ClN2. The lowest BCUT2D eigenvalue weighted by Gasteiger charge is -2.20. The Kier molecular flexibility index (Phi) is 3.35. The predicted molar refractivity (Wildman–Crippen MR) is 57.3 cm³/mol. The third-order valence-electron chi connectivity index (χ3n) is 2.90. The number of halogens is 1. The summed E-state index contributed by atoms with van der Waals surface area (Å²) in [6.45, 7) is 0. The topological polar surface area (TPSA) is 25.8 Å². The van der Waals surface area contributed by atoms with Crippen molar-refractivity contribution in [1.29, 1.82) is 0 Å². The maximum Gasteiger partial charge on any atom is 0.147 e. The van der Waals surface area contributed by atoms with Gasteiger partial charge in [0.2, 0.25) is 0 Å².